The number of nitrogens with zero attached hydrogens (tertiary/aromatic N) is 1. The Labute approximate surface area is 129 Å². The van der Waals surface area contributed by atoms with Crippen LogP contribution in [0.25, 0.3) is 0 Å². The molecule has 1 aromatic carbocycles. The zero-order chi connectivity index (χ0) is 14.8. The maximum absolute atomic E-state index is 3.49. The van der Waals surface area contributed by atoms with Crippen molar-refractivity contribution in [2.45, 2.75) is 39.3 Å². The van der Waals surface area contributed by atoms with Crippen LogP contribution in [0.4, 0.5) is 0 Å². The van der Waals surface area contributed by atoms with Gasteiger partial charge in [-0.25, -0.2) is 0 Å². The molecule has 0 bridgehead atoms. The van der Waals surface area contributed by atoms with Gasteiger partial charge in [0.25, 0.3) is 0 Å². The van der Waals surface area contributed by atoms with Crippen LogP contribution in [0, 0.1) is 0 Å². The van der Waals surface area contributed by atoms with Crippen LogP contribution < -0.4 is 5.32 Å². The summed E-state index contributed by atoms with van der Waals surface area (Å²) < 4.78 is 0. The molecular weight excluding hydrogens is 264 g/mol. The first-order valence-corrected chi connectivity index (χ1v) is 9.05. The summed E-state index contributed by atoms with van der Waals surface area (Å²) in [6, 6.07) is 9.49. The van der Waals surface area contributed by atoms with Crippen molar-refractivity contribution >= 4 is 11.8 Å². The highest BCUT2D eigenvalue weighted by molar-refractivity contribution is 7.98. The number of hydrogen-bond donors (Lipinski definition) is 1. The molecule has 20 heavy (non-hydrogen) atoms. The number of rotatable bonds is 10. The number of hydrogen-bond acceptors (Lipinski definition) is 3. The third kappa shape index (κ3) is 6.29. The van der Waals surface area contributed by atoms with E-state index in [9.17, 15) is 0 Å². The minimum Gasteiger partial charge on any atom is -0.316 e. The first kappa shape index (κ1) is 17.5. The molecule has 1 N–H and O–H groups in total. The van der Waals surface area contributed by atoms with Gasteiger partial charge in [0.1, 0.15) is 0 Å². The van der Waals surface area contributed by atoms with Crippen molar-refractivity contribution in [2.75, 3.05) is 32.1 Å². The minimum absolute atomic E-state index is 0.622. The molecule has 0 aliphatic carbocycles. The average Bonchev–Trinajstić information content (AvgIpc) is 2.45. The Kier molecular flexibility index (Phi) is 8.99. The fourth-order valence-corrected chi connectivity index (χ4v) is 3.01. The molecule has 0 saturated heterocycles. The van der Waals surface area contributed by atoms with Crippen LogP contribution >= 0.6 is 11.8 Å². The smallest absolute Gasteiger partial charge is 0.0236 e. The van der Waals surface area contributed by atoms with Crippen LogP contribution in [0.1, 0.15) is 31.4 Å². The van der Waals surface area contributed by atoms with Crippen molar-refractivity contribution in [2.24, 2.45) is 0 Å². The normalized spacial score (nSPS) is 12.8. The molecule has 114 valence electrons. The summed E-state index contributed by atoms with van der Waals surface area (Å²) >= 11 is 1.92. The van der Waals surface area contributed by atoms with E-state index in [1.165, 1.54) is 23.3 Å². The monoisotopic (exact) mass is 294 g/mol. The maximum Gasteiger partial charge on any atom is 0.0236 e. The van der Waals surface area contributed by atoms with E-state index in [1.54, 1.807) is 0 Å². The van der Waals surface area contributed by atoms with Gasteiger partial charge in [0.2, 0.25) is 0 Å². The zero-order valence-corrected chi connectivity index (χ0v) is 14.3. The minimum atomic E-state index is 0.622. The number of thioether (sulfide) groups is 1. The van der Waals surface area contributed by atoms with Crippen LogP contribution in [0.3, 0.4) is 0 Å². The molecule has 0 saturated carbocycles. The van der Waals surface area contributed by atoms with Crippen LogP contribution in [-0.2, 0) is 13.0 Å². The molecule has 1 atom stereocenters. The van der Waals surface area contributed by atoms with E-state index in [-0.39, 0.29) is 0 Å². The van der Waals surface area contributed by atoms with Crippen LogP contribution in [0.15, 0.2) is 24.3 Å². The van der Waals surface area contributed by atoms with Gasteiger partial charge in [0.05, 0.1) is 0 Å². The number of benzene rings is 1. The van der Waals surface area contributed by atoms with Crippen molar-refractivity contribution in [3.63, 3.8) is 0 Å². The summed E-state index contributed by atoms with van der Waals surface area (Å²) in [5.74, 6) is 1.19. The SMILES string of the molecule is CCCNCCc1ccccc1CN(C)C(C)CSC. The van der Waals surface area contributed by atoms with Gasteiger partial charge >= 0.3 is 0 Å². The molecule has 0 aliphatic rings. The van der Waals surface area contributed by atoms with Gasteiger partial charge in [-0.1, -0.05) is 31.2 Å². The summed E-state index contributed by atoms with van der Waals surface area (Å²) in [5.41, 5.74) is 2.96. The van der Waals surface area contributed by atoms with Crippen LogP contribution in [0.2, 0.25) is 0 Å². The summed E-state index contributed by atoms with van der Waals surface area (Å²) in [4.78, 5) is 2.45. The molecule has 2 nitrogen and oxygen atoms in total. The molecule has 1 rings (SSSR count). The molecule has 0 amide bonds. The molecule has 0 aromatic heterocycles. The quantitative estimate of drug-likeness (QED) is 0.666. The highest BCUT2D eigenvalue weighted by Gasteiger charge is 2.10. The predicted octanol–water partition coefficient (Wildman–Crippen LogP) is 3.41. The average molecular weight is 295 g/mol. The lowest BCUT2D eigenvalue weighted by atomic mass is 10.0. The van der Waals surface area contributed by atoms with E-state index in [2.05, 4.69) is 61.6 Å². The van der Waals surface area contributed by atoms with E-state index < -0.39 is 0 Å². The van der Waals surface area contributed by atoms with E-state index >= 15 is 0 Å². The largest absolute Gasteiger partial charge is 0.316 e. The van der Waals surface area contributed by atoms with Gasteiger partial charge < -0.3 is 5.32 Å². The second-order valence-electron chi connectivity index (χ2n) is 5.49. The Morgan fingerprint density at radius 1 is 1.20 bits per heavy atom. The lowest BCUT2D eigenvalue weighted by Gasteiger charge is -2.25. The van der Waals surface area contributed by atoms with Crippen molar-refractivity contribution in [1.29, 1.82) is 0 Å². The van der Waals surface area contributed by atoms with E-state index in [0.717, 1.165) is 26.1 Å². The van der Waals surface area contributed by atoms with Gasteiger partial charge in [0, 0.05) is 18.3 Å². The summed E-state index contributed by atoms with van der Waals surface area (Å²) in [5, 5.41) is 3.49. The van der Waals surface area contributed by atoms with E-state index in [0.29, 0.717) is 6.04 Å². The molecule has 0 fully saturated rings. The lowest BCUT2D eigenvalue weighted by Crippen LogP contribution is -2.31. The third-order valence-corrected chi connectivity index (χ3v) is 4.51. The standard InChI is InChI=1S/C17H30N2S/c1-5-11-18-12-10-16-8-6-7-9-17(16)13-19(3)15(2)14-20-4/h6-9,15,18H,5,10-14H2,1-4H3. The summed E-state index contributed by atoms with van der Waals surface area (Å²) in [6.45, 7) is 7.76. The Bertz CT molecular complexity index is 368. The highest BCUT2D eigenvalue weighted by Crippen LogP contribution is 2.14. The van der Waals surface area contributed by atoms with Crippen molar-refractivity contribution < 1.29 is 0 Å². The lowest BCUT2D eigenvalue weighted by molar-refractivity contribution is 0.269. The van der Waals surface area contributed by atoms with Crippen molar-refractivity contribution in [3.05, 3.63) is 35.4 Å². The molecule has 0 heterocycles. The van der Waals surface area contributed by atoms with Gasteiger partial charge in [-0.05, 0) is 57.3 Å². The first-order valence-electron chi connectivity index (χ1n) is 7.65. The third-order valence-electron chi connectivity index (χ3n) is 3.70. The molecule has 0 radical (unpaired) electrons. The Morgan fingerprint density at radius 2 is 1.90 bits per heavy atom. The van der Waals surface area contributed by atoms with Crippen molar-refractivity contribution in [3.8, 4) is 0 Å². The molecule has 3 heteroatoms. The predicted molar refractivity (Wildman–Crippen MR) is 92.6 cm³/mol. The molecular formula is C17H30N2S. The first-order chi connectivity index (χ1) is 9.69. The fourth-order valence-electron chi connectivity index (χ4n) is 2.27. The molecule has 1 unspecified atom stereocenters. The van der Waals surface area contributed by atoms with Gasteiger partial charge in [-0.2, -0.15) is 11.8 Å². The molecule has 1 aromatic rings. The molecule has 0 aliphatic heterocycles. The van der Waals surface area contributed by atoms with E-state index in [1.807, 2.05) is 11.8 Å². The van der Waals surface area contributed by atoms with Crippen LogP contribution in [0.5, 0.6) is 0 Å². The zero-order valence-electron chi connectivity index (χ0n) is 13.5. The van der Waals surface area contributed by atoms with Crippen molar-refractivity contribution in [1.82, 2.24) is 10.2 Å². The van der Waals surface area contributed by atoms with E-state index in [4.69, 9.17) is 0 Å². The second-order valence-corrected chi connectivity index (χ2v) is 6.40. The molecule has 0 spiro atoms. The Hall–Kier alpha value is -0.510. The van der Waals surface area contributed by atoms with Gasteiger partial charge in [-0.15, -0.1) is 0 Å². The Morgan fingerprint density at radius 3 is 2.55 bits per heavy atom. The fraction of sp³-hybridized carbons (Fsp3) is 0.647. The highest BCUT2D eigenvalue weighted by atomic mass is 32.2. The second kappa shape index (κ2) is 10.3. The summed E-state index contributed by atoms with van der Waals surface area (Å²) in [6.07, 6.45) is 4.51. The summed E-state index contributed by atoms with van der Waals surface area (Å²) in [7, 11) is 2.23. The Balaban J connectivity index is 2.56. The number of nitrogens with one attached hydrogen (secondary N) is 1. The van der Waals surface area contributed by atoms with Gasteiger partial charge in [0.15, 0.2) is 0 Å². The topological polar surface area (TPSA) is 15.3 Å². The maximum atomic E-state index is 3.49. The van der Waals surface area contributed by atoms with Crippen LogP contribution in [-0.4, -0.2) is 43.1 Å². The van der Waals surface area contributed by atoms with Gasteiger partial charge in [-0.3, -0.25) is 4.90 Å².